The van der Waals surface area contributed by atoms with Crippen LogP contribution in [0.2, 0.25) is 0 Å². The largest absolute Gasteiger partial charge is 0.266 e. The second kappa shape index (κ2) is 6.81. The van der Waals surface area contributed by atoms with Crippen molar-refractivity contribution in [1.29, 1.82) is 0 Å². The van der Waals surface area contributed by atoms with Gasteiger partial charge >= 0.3 is 0 Å². The third-order valence-electron chi connectivity index (χ3n) is 4.08. The van der Waals surface area contributed by atoms with Crippen LogP contribution in [-0.4, -0.2) is 20.6 Å². The number of nitrogens with zero attached hydrogens (tertiary/aromatic N) is 4. The first-order valence-corrected chi connectivity index (χ1v) is 8.51. The molecule has 4 rings (SSSR count). The molecule has 0 amide bonds. The number of rotatable bonds is 4. The maximum absolute atomic E-state index is 13.1. The highest BCUT2D eigenvalue weighted by Crippen LogP contribution is 2.22. The molecule has 2 heterocycles. The van der Waals surface area contributed by atoms with Gasteiger partial charge in [0.05, 0.1) is 24.0 Å². The first-order chi connectivity index (χ1) is 12.6. The highest BCUT2D eigenvalue weighted by molar-refractivity contribution is 7.80. The van der Waals surface area contributed by atoms with Crippen LogP contribution in [0.15, 0.2) is 64.9 Å². The lowest BCUT2D eigenvalue weighted by Crippen LogP contribution is -2.40. The van der Waals surface area contributed by atoms with Gasteiger partial charge in [0.2, 0.25) is 0 Å². The fraction of sp³-hybridized carbons (Fsp3) is 0.111. The molecule has 2 N–H and O–H groups in total. The van der Waals surface area contributed by atoms with Gasteiger partial charge in [-0.3, -0.25) is 5.01 Å². The smallest absolute Gasteiger partial charge is 0.177 e. The van der Waals surface area contributed by atoms with E-state index in [9.17, 15) is 4.39 Å². The Kier molecular flexibility index (Phi) is 4.36. The van der Waals surface area contributed by atoms with E-state index in [0.29, 0.717) is 17.4 Å². The summed E-state index contributed by atoms with van der Waals surface area (Å²) in [4.78, 5) is 0. The summed E-state index contributed by atoms with van der Waals surface area (Å²) in [5.41, 5.74) is 9.65. The summed E-state index contributed by atoms with van der Waals surface area (Å²) >= 11 is 4.60. The van der Waals surface area contributed by atoms with E-state index in [1.807, 2.05) is 11.1 Å². The lowest BCUT2D eigenvalue weighted by molar-refractivity contribution is 0.288. The van der Waals surface area contributed by atoms with E-state index in [0.717, 1.165) is 16.8 Å². The summed E-state index contributed by atoms with van der Waals surface area (Å²) in [5, 5.41) is 11.2. The average Bonchev–Trinajstić information content (AvgIpc) is 3.22. The molecule has 1 aliphatic rings. The quantitative estimate of drug-likeness (QED) is 0.620. The fourth-order valence-corrected chi connectivity index (χ4v) is 3.16. The highest BCUT2D eigenvalue weighted by atomic mass is 32.1. The number of thiol groups is 1. The van der Waals surface area contributed by atoms with Crippen LogP contribution in [-0.2, 0) is 6.54 Å². The van der Waals surface area contributed by atoms with Crippen LogP contribution in [0.1, 0.15) is 16.7 Å². The van der Waals surface area contributed by atoms with Crippen molar-refractivity contribution in [2.24, 2.45) is 5.10 Å². The van der Waals surface area contributed by atoms with E-state index >= 15 is 0 Å². The van der Waals surface area contributed by atoms with Crippen LogP contribution in [0, 0.1) is 12.7 Å². The van der Waals surface area contributed by atoms with E-state index in [2.05, 4.69) is 59.0 Å². The van der Waals surface area contributed by atoms with Gasteiger partial charge in [0.15, 0.2) is 5.84 Å². The monoisotopic (exact) mass is 368 g/mol. The standard InChI is InChI=1S/C18H17FN6S/c1-12-3-2-4-13(9-12)11-24-17(21-22-23-24)16-10-20-25(18(16)26)15-7-5-14(19)6-8-15/h2-10,22-23,26H,11H2,1H3. The molecule has 1 aliphatic heterocycles. The Morgan fingerprint density at radius 3 is 2.73 bits per heavy atom. The van der Waals surface area contributed by atoms with Crippen molar-refractivity contribution in [3.05, 3.63) is 77.2 Å². The molecule has 0 bridgehead atoms. The number of aryl methyl sites for hydroxylation is 1. The summed E-state index contributed by atoms with van der Waals surface area (Å²) in [7, 11) is 0. The second-order valence-corrected chi connectivity index (χ2v) is 6.43. The number of hydrazine groups is 2. The van der Waals surface area contributed by atoms with Gasteiger partial charge in [-0.25, -0.2) is 14.6 Å². The molecule has 0 radical (unpaired) electrons. The number of nitrogens with one attached hydrogen (secondary N) is 2. The summed E-state index contributed by atoms with van der Waals surface area (Å²) in [6.45, 7) is 2.69. The van der Waals surface area contributed by atoms with Gasteiger partial charge in [-0.05, 0) is 36.8 Å². The van der Waals surface area contributed by atoms with Gasteiger partial charge in [0.25, 0.3) is 0 Å². The second-order valence-electron chi connectivity index (χ2n) is 6.00. The molecule has 8 heteroatoms. The Hall–Kier alpha value is -2.84. The van der Waals surface area contributed by atoms with Crippen LogP contribution < -0.4 is 11.1 Å². The van der Waals surface area contributed by atoms with Gasteiger partial charge in [-0.2, -0.15) is 5.10 Å². The predicted molar refractivity (Wildman–Crippen MR) is 100 cm³/mol. The van der Waals surface area contributed by atoms with E-state index < -0.39 is 0 Å². The maximum atomic E-state index is 13.1. The molecular formula is C18H17FN6S. The van der Waals surface area contributed by atoms with Crippen molar-refractivity contribution in [3.8, 4) is 5.69 Å². The van der Waals surface area contributed by atoms with E-state index in [1.165, 1.54) is 17.7 Å². The van der Waals surface area contributed by atoms with Crippen LogP contribution in [0.5, 0.6) is 0 Å². The van der Waals surface area contributed by atoms with Gasteiger partial charge in [0, 0.05) is 0 Å². The van der Waals surface area contributed by atoms with Crippen LogP contribution in [0.3, 0.4) is 0 Å². The number of amidine groups is 1. The molecule has 0 atom stereocenters. The Morgan fingerprint density at radius 1 is 1.15 bits per heavy atom. The van der Waals surface area contributed by atoms with E-state index in [4.69, 9.17) is 0 Å². The Labute approximate surface area is 155 Å². The zero-order chi connectivity index (χ0) is 18.1. The molecule has 0 spiro atoms. The SMILES string of the molecule is Cc1cccc(CN2NNN=C2c2cnn(-c3ccc(F)cc3)c2S)c1. The van der Waals surface area contributed by atoms with Crippen LogP contribution in [0.25, 0.3) is 5.69 Å². The minimum absolute atomic E-state index is 0.292. The van der Waals surface area contributed by atoms with Crippen molar-refractivity contribution in [3.63, 3.8) is 0 Å². The number of halogens is 1. The normalized spacial score (nSPS) is 13.7. The molecule has 26 heavy (non-hydrogen) atoms. The molecule has 0 aliphatic carbocycles. The molecule has 0 saturated heterocycles. The minimum Gasteiger partial charge on any atom is -0.266 e. The van der Waals surface area contributed by atoms with Crippen LogP contribution in [0.4, 0.5) is 4.39 Å². The first kappa shape index (κ1) is 16.6. The highest BCUT2D eigenvalue weighted by Gasteiger charge is 2.24. The minimum atomic E-state index is -0.292. The van der Waals surface area contributed by atoms with Crippen molar-refractivity contribution < 1.29 is 4.39 Å². The molecule has 0 fully saturated rings. The molecule has 1 aromatic heterocycles. The molecule has 6 nitrogen and oxygen atoms in total. The number of benzene rings is 2. The summed E-state index contributed by atoms with van der Waals surface area (Å²) < 4.78 is 14.8. The number of hydrogen-bond acceptors (Lipinski definition) is 6. The van der Waals surface area contributed by atoms with Gasteiger partial charge in [-0.1, -0.05) is 29.8 Å². The van der Waals surface area contributed by atoms with Crippen molar-refractivity contribution in [2.45, 2.75) is 18.5 Å². The summed E-state index contributed by atoms with van der Waals surface area (Å²) in [5.74, 6) is 0.393. The molecule has 0 saturated carbocycles. The Bertz CT molecular complexity index is 966. The van der Waals surface area contributed by atoms with Crippen LogP contribution >= 0.6 is 12.6 Å². The Morgan fingerprint density at radius 2 is 1.96 bits per heavy atom. The maximum Gasteiger partial charge on any atom is 0.177 e. The summed E-state index contributed by atoms with van der Waals surface area (Å²) in [6, 6.07) is 14.4. The predicted octanol–water partition coefficient (Wildman–Crippen LogP) is 2.80. The third-order valence-corrected chi connectivity index (χ3v) is 4.51. The fourth-order valence-electron chi connectivity index (χ4n) is 2.84. The average molecular weight is 368 g/mol. The Balaban J connectivity index is 1.61. The molecule has 0 unspecified atom stereocenters. The van der Waals surface area contributed by atoms with Crippen molar-refractivity contribution >= 4 is 18.5 Å². The topological polar surface area (TPSA) is 57.5 Å². The first-order valence-electron chi connectivity index (χ1n) is 8.06. The number of hydrazone groups is 1. The molecule has 132 valence electrons. The summed E-state index contributed by atoms with van der Waals surface area (Å²) in [6.07, 6.45) is 1.70. The van der Waals surface area contributed by atoms with Gasteiger partial charge < -0.3 is 0 Å². The van der Waals surface area contributed by atoms with E-state index in [-0.39, 0.29) is 5.82 Å². The van der Waals surface area contributed by atoms with Crippen molar-refractivity contribution in [2.75, 3.05) is 0 Å². The van der Waals surface area contributed by atoms with E-state index in [1.54, 1.807) is 23.0 Å². The zero-order valence-corrected chi connectivity index (χ0v) is 14.9. The number of aromatic nitrogens is 2. The molecule has 2 aromatic carbocycles. The zero-order valence-electron chi connectivity index (χ0n) is 14.0. The molecule has 3 aromatic rings. The lowest BCUT2D eigenvalue weighted by atomic mass is 10.1. The third kappa shape index (κ3) is 3.16. The van der Waals surface area contributed by atoms with Crippen molar-refractivity contribution in [1.82, 2.24) is 25.9 Å². The lowest BCUT2D eigenvalue weighted by Gasteiger charge is -2.19. The molecular weight excluding hydrogens is 351 g/mol. The van der Waals surface area contributed by atoms with Gasteiger partial charge in [0.1, 0.15) is 10.8 Å². The van der Waals surface area contributed by atoms with Gasteiger partial charge in [-0.15, -0.1) is 23.3 Å². The number of hydrogen-bond donors (Lipinski definition) is 3.